The molecule has 0 aliphatic carbocycles. The summed E-state index contributed by atoms with van der Waals surface area (Å²) in [5, 5.41) is 19.3. The van der Waals surface area contributed by atoms with Gasteiger partial charge >= 0.3 is 0 Å². The molecular formula is C17H18N6O2S2. The average molecular weight is 403 g/mol. The van der Waals surface area contributed by atoms with Crippen molar-refractivity contribution in [2.45, 2.75) is 11.6 Å². The number of nitrogens with one attached hydrogen (secondary N) is 2. The number of carbonyl (C=O) groups is 2. The van der Waals surface area contributed by atoms with Gasteiger partial charge in [0.05, 0.1) is 5.75 Å². The molecule has 0 bridgehead atoms. The maximum atomic E-state index is 12.2. The highest BCUT2D eigenvalue weighted by Gasteiger charge is 2.09. The summed E-state index contributed by atoms with van der Waals surface area (Å²) < 4.78 is 1.50. The number of tetrazole rings is 1. The van der Waals surface area contributed by atoms with Gasteiger partial charge < -0.3 is 10.6 Å². The molecule has 0 saturated carbocycles. The topological polar surface area (TPSA) is 102 Å². The van der Waals surface area contributed by atoms with E-state index in [9.17, 15) is 9.59 Å². The number of nitrogens with zero attached hydrogens (tertiary/aromatic N) is 4. The number of anilines is 1. The van der Waals surface area contributed by atoms with E-state index in [0.717, 1.165) is 6.42 Å². The number of thioether (sulfide) groups is 1. The van der Waals surface area contributed by atoms with Crippen molar-refractivity contribution in [3.63, 3.8) is 0 Å². The van der Waals surface area contributed by atoms with Crippen molar-refractivity contribution in [1.29, 1.82) is 0 Å². The molecule has 3 aromatic rings. The lowest BCUT2D eigenvalue weighted by Gasteiger charge is -2.07. The smallest absolute Gasteiger partial charge is 0.251 e. The lowest BCUT2D eigenvalue weighted by Crippen LogP contribution is -2.25. The number of carbonyl (C=O) groups excluding carboxylic acids is 2. The first kappa shape index (κ1) is 19.1. The number of hydrogen-bond donors (Lipinski definition) is 2. The van der Waals surface area contributed by atoms with E-state index >= 15 is 0 Å². The fourth-order valence-corrected chi connectivity index (χ4v) is 3.59. The number of aromatic nitrogens is 4. The van der Waals surface area contributed by atoms with E-state index in [4.69, 9.17) is 0 Å². The zero-order valence-corrected chi connectivity index (χ0v) is 16.2. The van der Waals surface area contributed by atoms with Gasteiger partial charge in [-0.2, -0.15) is 0 Å². The van der Waals surface area contributed by atoms with Crippen molar-refractivity contribution in [2.75, 3.05) is 17.6 Å². The van der Waals surface area contributed by atoms with Crippen LogP contribution in [0.2, 0.25) is 0 Å². The van der Waals surface area contributed by atoms with Crippen LogP contribution in [0.15, 0.2) is 46.9 Å². The molecule has 2 aromatic heterocycles. The molecule has 0 saturated heterocycles. The molecule has 3 rings (SSSR count). The molecule has 8 nitrogen and oxygen atoms in total. The maximum absolute atomic E-state index is 12.2. The van der Waals surface area contributed by atoms with Crippen LogP contribution in [0.25, 0.3) is 0 Å². The summed E-state index contributed by atoms with van der Waals surface area (Å²) in [4.78, 5) is 25.4. The van der Waals surface area contributed by atoms with Crippen molar-refractivity contribution >= 4 is 40.6 Å². The van der Waals surface area contributed by atoms with E-state index in [1.54, 1.807) is 42.6 Å². The normalized spacial score (nSPS) is 10.6. The van der Waals surface area contributed by atoms with E-state index < -0.39 is 0 Å². The quantitative estimate of drug-likeness (QED) is 0.559. The van der Waals surface area contributed by atoms with Gasteiger partial charge in [-0.25, -0.2) is 4.68 Å². The Morgan fingerprint density at radius 3 is 2.70 bits per heavy atom. The molecule has 2 heterocycles. The van der Waals surface area contributed by atoms with E-state index in [1.807, 2.05) is 17.5 Å². The lowest BCUT2D eigenvalue weighted by atomic mass is 10.2. The first-order valence-corrected chi connectivity index (χ1v) is 10.0. The minimum Gasteiger partial charge on any atom is -0.352 e. The van der Waals surface area contributed by atoms with Crippen molar-refractivity contribution in [3.05, 3.63) is 52.2 Å². The Hall–Kier alpha value is -2.72. The minimum absolute atomic E-state index is 0.130. The standard InChI is InChI=1S/C17H18N6O2S2/c1-23-17(20-21-22-23)27-11-15(24)19-13-6-4-12(5-7-13)16(25)18-9-8-14-3-2-10-26-14/h2-7,10H,8-9,11H2,1H3,(H,18,25)(H,19,24). The van der Waals surface area contributed by atoms with Crippen LogP contribution in [0.1, 0.15) is 15.2 Å². The van der Waals surface area contributed by atoms with Crippen molar-refractivity contribution in [3.8, 4) is 0 Å². The van der Waals surface area contributed by atoms with Gasteiger partial charge in [0.25, 0.3) is 5.91 Å². The molecule has 0 aliphatic heterocycles. The van der Waals surface area contributed by atoms with Gasteiger partial charge in [-0.05, 0) is 52.6 Å². The minimum atomic E-state index is -0.170. The fraction of sp³-hybridized carbons (Fsp3) is 0.235. The molecular weight excluding hydrogens is 384 g/mol. The Morgan fingerprint density at radius 2 is 2.04 bits per heavy atom. The summed E-state index contributed by atoms with van der Waals surface area (Å²) >= 11 is 2.92. The molecule has 2 N–H and O–H groups in total. The van der Waals surface area contributed by atoms with Gasteiger partial charge in [-0.15, -0.1) is 16.4 Å². The molecule has 2 amide bonds. The van der Waals surface area contributed by atoms with Gasteiger partial charge in [0, 0.05) is 29.7 Å². The number of amides is 2. The third-order valence-electron chi connectivity index (χ3n) is 3.58. The summed E-state index contributed by atoms with van der Waals surface area (Å²) in [6, 6.07) is 10.8. The van der Waals surface area contributed by atoms with Gasteiger partial charge in [0.15, 0.2) is 0 Å². The number of thiophene rings is 1. The Balaban J connectivity index is 1.44. The lowest BCUT2D eigenvalue weighted by molar-refractivity contribution is -0.113. The van der Waals surface area contributed by atoms with E-state index in [0.29, 0.717) is 23.0 Å². The van der Waals surface area contributed by atoms with Crippen molar-refractivity contribution < 1.29 is 9.59 Å². The molecule has 0 atom stereocenters. The Bertz CT molecular complexity index is 893. The van der Waals surface area contributed by atoms with E-state index in [2.05, 4.69) is 26.2 Å². The second-order valence-electron chi connectivity index (χ2n) is 5.58. The van der Waals surface area contributed by atoms with Crippen LogP contribution in [-0.2, 0) is 18.3 Å². The van der Waals surface area contributed by atoms with Crippen LogP contribution in [-0.4, -0.2) is 44.3 Å². The summed E-state index contributed by atoms with van der Waals surface area (Å²) in [5.41, 5.74) is 1.19. The highest BCUT2D eigenvalue weighted by Crippen LogP contribution is 2.14. The second-order valence-corrected chi connectivity index (χ2v) is 7.56. The molecule has 0 spiro atoms. The predicted octanol–water partition coefficient (Wildman–Crippen LogP) is 1.97. The van der Waals surface area contributed by atoms with Crippen molar-refractivity contribution in [1.82, 2.24) is 25.5 Å². The highest BCUT2D eigenvalue weighted by molar-refractivity contribution is 7.99. The van der Waals surface area contributed by atoms with E-state index in [-0.39, 0.29) is 17.6 Å². The molecule has 0 fully saturated rings. The summed E-state index contributed by atoms with van der Waals surface area (Å²) in [5.74, 6) is -0.106. The maximum Gasteiger partial charge on any atom is 0.251 e. The van der Waals surface area contributed by atoms with Gasteiger partial charge in [0.2, 0.25) is 11.1 Å². The predicted molar refractivity (Wildman–Crippen MR) is 105 cm³/mol. The highest BCUT2D eigenvalue weighted by atomic mass is 32.2. The summed E-state index contributed by atoms with van der Waals surface area (Å²) in [6.45, 7) is 0.589. The molecule has 27 heavy (non-hydrogen) atoms. The fourth-order valence-electron chi connectivity index (χ4n) is 2.23. The molecule has 0 unspecified atom stereocenters. The number of aryl methyl sites for hydroxylation is 1. The number of hydrogen-bond acceptors (Lipinski definition) is 7. The van der Waals surface area contributed by atoms with Gasteiger partial charge in [-0.3, -0.25) is 9.59 Å². The molecule has 140 valence electrons. The molecule has 0 radical (unpaired) electrons. The first-order chi connectivity index (χ1) is 13.1. The Morgan fingerprint density at radius 1 is 1.22 bits per heavy atom. The van der Waals surface area contributed by atoms with Crippen LogP contribution in [0.3, 0.4) is 0 Å². The first-order valence-electron chi connectivity index (χ1n) is 8.17. The van der Waals surface area contributed by atoms with Crippen LogP contribution < -0.4 is 10.6 Å². The summed E-state index contributed by atoms with van der Waals surface area (Å²) in [6.07, 6.45) is 0.816. The second kappa shape index (κ2) is 9.28. The summed E-state index contributed by atoms with van der Waals surface area (Å²) in [7, 11) is 1.71. The van der Waals surface area contributed by atoms with E-state index in [1.165, 1.54) is 21.3 Å². The number of benzene rings is 1. The zero-order valence-electron chi connectivity index (χ0n) is 14.6. The van der Waals surface area contributed by atoms with Crippen LogP contribution in [0.5, 0.6) is 0 Å². The van der Waals surface area contributed by atoms with Gasteiger partial charge in [-0.1, -0.05) is 17.8 Å². The van der Waals surface area contributed by atoms with Crippen LogP contribution in [0, 0.1) is 0 Å². The molecule has 1 aromatic carbocycles. The van der Waals surface area contributed by atoms with Gasteiger partial charge in [0.1, 0.15) is 0 Å². The average Bonchev–Trinajstić information content (AvgIpc) is 3.32. The SMILES string of the molecule is Cn1nnnc1SCC(=O)Nc1ccc(C(=O)NCCc2cccs2)cc1. The molecule has 0 aliphatic rings. The number of rotatable bonds is 8. The van der Waals surface area contributed by atoms with Crippen LogP contribution in [0.4, 0.5) is 5.69 Å². The Kier molecular flexibility index (Phi) is 6.55. The zero-order chi connectivity index (χ0) is 19.1. The van der Waals surface area contributed by atoms with Crippen molar-refractivity contribution in [2.24, 2.45) is 7.05 Å². The van der Waals surface area contributed by atoms with Crippen LogP contribution >= 0.6 is 23.1 Å². The largest absolute Gasteiger partial charge is 0.352 e. The third kappa shape index (κ3) is 5.63. The Labute approximate surface area is 164 Å². The molecule has 10 heteroatoms. The third-order valence-corrected chi connectivity index (χ3v) is 5.53. The monoisotopic (exact) mass is 402 g/mol.